The number of hydrogen-bond donors (Lipinski definition) is 1. The lowest BCUT2D eigenvalue weighted by atomic mass is 9.95. The van der Waals surface area contributed by atoms with E-state index >= 15 is 0 Å². The van der Waals surface area contributed by atoms with Crippen molar-refractivity contribution in [2.45, 2.75) is 33.8 Å². The molecule has 0 spiro atoms. The molecule has 0 aliphatic carbocycles. The van der Waals surface area contributed by atoms with Crippen LogP contribution in [0.4, 0.5) is 5.69 Å². The van der Waals surface area contributed by atoms with E-state index in [9.17, 15) is 14.4 Å². The number of carbonyl (C=O) groups is 3. The van der Waals surface area contributed by atoms with E-state index in [0.717, 1.165) is 0 Å². The summed E-state index contributed by atoms with van der Waals surface area (Å²) in [5.74, 6) is -1.13. The van der Waals surface area contributed by atoms with Crippen molar-refractivity contribution in [2.24, 2.45) is 5.41 Å². The number of rotatable bonds is 5. The minimum Gasteiger partial charge on any atom is -0.451 e. The van der Waals surface area contributed by atoms with Gasteiger partial charge < -0.3 is 10.1 Å². The number of carbonyl (C=O) groups excluding carboxylic acids is 3. The highest BCUT2D eigenvalue weighted by Crippen LogP contribution is 2.18. The molecule has 1 atom stereocenters. The highest BCUT2D eigenvalue weighted by atomic mass is 35.5. The topological polar surface area (TPSA) is 85.4 Å². The fraction of sp³-hybridized carbons (Fsp3) is 0.300. The van der Waals surface area contributed by atoms with E-state index in [4.69, 9.17) is 16.3 Å². The van der Waals surface area contributed by atoms with Gasteiger partial charge in [0.1, 0.15) is 5.15 Å². The lowest BCUT2D eigenvalue weighted by molar-refractivity contribution is -0.123. The second kappa shape index (κ2) is 8.31. The maximum Gasteiger partial charge on any atom is 0.340 e. The number of aromatic nitrogens is 1. The third-order valence-corrected chi connectivity index (χ3v) is 3.95. The summed E-state index contributed by atoms with van der Waals surface area (Å²) in [6, 6.07) is 9.36. The van der Waals surface area contributed by atoms with Crippen molar-refractivity contribution in [3.05, 3.63) is 58.9 Å². The van der Waals surface area contributed by atoms with Crippen molar-refractivity contribution in [2.75, 3.05) is 5.32 Å². The zero-order valence-corrected chi connectivity index (χ0v) is 16.3. The fourth-order valence-electron chi connectivity index (χ4n) is 2.05. The standard InChI is InChI=1S/C20H21ClN2O4/c1-12(27-18(25)14-7-10-16(21)22-11-14)17(24)13-5-8-15(9-6-13)23-19(26)20(2,3)4/h5-12H,1-4H3,(H,23,26)/t12-/m0/s1. The SMILES string of the molecule is C[C@H](OC(=O)c1ccc(Cl)nc1)C(=O)c1ccc(NC(=O)C(C)(C)C)cc1. The quantitative estimate of drug-likeness (QED) is 0.472. The van der Waals surface area contributed by atoms with E-state index in [-0.39, 0.29) is 22.4 Å². The van der Waals surface area contributed by atoms with Gasteiger partial charge in [-0.3, -0.25) is 9.59 Å². The molecule has 0 saturated heterocycles. The predicted octanol–water partition coefficient (Wildman–Crippen LogP) is 4.15. The second-order valence-electron chi connectivity index (χ2n) is 7.06. The first-order valence-corrected chi connectivity index (χ1v) is 8.74. The predicted molar refractivity (Wildman–Crippen MR) is 103 cm³/mol. The molecule has 1 N–H and O–H groups in total. The molecule has 27 heavy (non-hydrogen) atoms. The molecule has 1 heterocycles. The van der Waals surface area contributed by atoms with Crippen LogP contribution >= 0.6 is 11.6 Å². The third kappa shape index (κ3) is 5.62. The van der Waals surface area contributed by atoms with Gasteiger partial charge in [0.25, 0.3) is 0 Å². The molecule has 0 fully saturated rings. The molecule has 1 amide bonds. The summed E-state index contributed by atoms with van der Waals surface area (Å²) in [5.41, 5.74) is 0.647. The Labute approximate surface area is 162 Å². The molecule has 0 saturated carbocycles. The number of halogens is 1. The Morgan fingerprint density at radius 3 is 2.15 bits per heavy atom. The van der Waals surface area contributed by atoms with Gasteiger partial charge in [0.05, 0.1) is 5.56 Å². The van der Waals surface area contributed by atoms with E-state index in [1.165, 1.54) is 25.3 Å². The molecule has 2 aromatic rings. The van der Waals surface area contributed by atoms with E-state index in [2.05, 4.69) is 10.3 Å². The van der Waals surface area contributed by atoms with Gasteiger partial charge in [-0.15, -0.1) is 0 Å². The Bertz CT molecular complexity index is 840. The van der Waals surface area contributed by atoms with Crippen LogP contribution in [0.2, 0.25) is 5.15 Å². The lowest BCUT2D eigenvalue weighted by Crippen LogP contribution is -2.27. The van der Waals surface area contributed by atoms with Crippen LogP contribution in [0.15, 0.2) is 42.6 Å². The summed E-state index contributed by atoms with van der Waals surface area (Å²) in [6.07, 6.45) is 0.317. The minimum absolute atomic E-state index is 0.125. The summed E-state index contributed by atoms with van der Waals surface area (Å²) in [4.78, 5) is 40.3. The summed E-state index contributed by atoms with van der Waals surface area (Å²) < 4.78 is 5.19. The van der Waals surface area contributed by atoms with Crippen LogP contribution in [0.5, 0.6) is 0 Å². The summed E-state index contributed by atoms with van der Waals surface area (Å²) >= 11 is 5.68. The Morgan fingerprint density at radius 2 is 1.63 bits per heavy atom. The average molecular weight is 389 g/mol. The monoisotopic (exact) mass is 388 g/mol. The van der Waals surface area contributed by atoms with Gasteiger partial charge in [-0.25, -0.2) is 9.78 Å². The van der Waals surface area contributed by atoms with E-state index in [0.29, 0.717) is 11.3 Å². The first-order chi connectivity index (χ1) is 12.6. The molecule has 142 valence electrons. The van der Waals surface area contributed by atoms with E-state index < -0.39 is 17.5 Å². The van der Waals surface area contributed by atoms with Crippen molar-refractivity contribution in [1.29, 1.82) is 0 Å². The maximum absolute atomic E-state index is 12.5. The lowest BCUT2D eigenvalue weighted by Gasteiger charge is -2.18. The molecule has 0 aliphatic rings. The summed E-state index contributed by atoms with van der Waals surface area (Å²) in [5, 5.41) is 3.04. The molecule has 0 bridgehead atoms. The number of hydrogen-bond acceptors (Lipinski definition) is 5. The molecule has 2 rings (SSSR count). The number of benzene rings is 1. The van der Waals surface area contributed by atoms with Crippen molar-refractivity contribution < 1.29 is 19.1 Å². The Kier molecular flexibility index (Phi) is 6.33. The number of nitrogens with one attached hydrogen (secondary N) is 1. The number of nitrogens with zero attached hydrogens (tertiary/aromatic N) is 1. The van der Waals surface area contributed by atoms with E-state index in [1.54, 1.807) is 24.3 Å². The van der Waals surface area contributed by atoms with Crippen LogP contribution in [0.25, 0.3) is 0 Å². The van der Waals surface area contributed by atoms with Gasteiger partial charge in [-0.05, 0) is 43.3 Å². The van der Waals surface area contributed by atoms with Gasteiger partial charge in [0.2, 0.25) is 11.7 Å². The van der Waals surface area contributed by atoms with Crippen molar-refractivity contribution in [3.63, 3.8) is 0 Å². The Balaban J connectivity index is 2.01. The van der Waals surface area contributed by atoms with Crippen LogP contribution in [-0.4, -0.2) is 28.7 Å². The fourth-order valence-corrected chi connectivity index (χ4v) is 2.16. The Morgan fingerprint density at radius 1 is 1.04 bits per heavy atom. The first-order valence-electron chi connectivity index (χ1n) is 8.36. The van der Waals surface area contributed by atoms with E-state index in [1.807, 2.05) is 20.8 Å². The molecule has 0 radical (unpaired) electrons. The molecule has 1 aromatic heterocycles. The van der Waals surface area contributed by atoms with Gasteiger partial charge >= 0.3 is 5.97 Å². The van der Waals surface area contributed by atoms with Crippen LogP contribution < -0.4 is 5.32 Å². The van der Waals surface area contributed by atoms with Crippen LogP contribution in [-0.2, 0) is 9.53 Å². The van der Waals surface area contributed by atoms with Crippen molar-refractivity contribution in [3.8, 4) is 0 Å². The highest BCUT2D eigenvalue weighted by Gasteiger charge is 2.22. The third-order valence-electron chi connectivity index (χ3n) is 3.72. The zero-order valence-electron chi connectivity index (χ0n) is 15.6. The molecule has 0 aliphatic heterocycles. The number of Topliss-reactive ketones (excluding diaryl/α,β-unsaturated/α-hetero) is 1. The van der Waals surface area contributed by atoms with Crippen molar-refractivity contribution >= 4 is 34.9 Å². The number of ether oxygens (including phenoxy) is 1. The van der Waals surface area contributed by atoms with Crippen LogP contribution in [0.1, 0.15) is 48.4 Å². The Hall–Kier alpha value is -2.73. The number of amides is 1. The van der Waals surface area contributed by atoms with Crippen LogP contribution in [0, 0.1) is 5.41 Å². The van der Waals surface area contributed by atoms with Gasteiger partial charge in [0.15, 0.2) is 6.10 Å². The van der Waals surface area contributed by atoms with Crippen molar-refractivity contribution in [1.82, 2.24) is 4.98 Å². The number of pyridine rings is 1. The zero-order chi connectivity index (χ0) is 20.2. The normalized spacial score (nSPS) is 12.2. The molecule has 1 aromatic carbocycles. The first kappa shape index (κ1) is 20.6. The highest BCUT2D eigenvalue weighted by molar-refractivity contribution is 6.29. The van der Waals surface area contributed by atoms with Gasteiger partial charge in [-0.2, -0.15) is 0 Å². The molecule has 7 heteroatoms. The number of anilines is 1. The second-order valence-corrected chi connectivity index (χ2v) is 7.45. The number of esters is 1. The average Bonchev–Trinajstić information content (AvgIpc) is 2.61. The smallest absolute Gasteiger partial charge is 0.340 e. The molecular weight excluding hydrogens is 368 g/mol. The van der Waals surface area contributed by atoms with Gasteiger partial charge in [0, 0.05) is 22.9 Å². The minimum atomic E-state index is -0.969. The molecule has 0 unspecified atom stereocenters. The molecular formula is C20H21ClN2O4. The largest absolute Gasteiger partial charge is 0.451 e. The summed E-state index contributed by atoms with van der Waals surface area (Å²) in [6.45, 7) is 6.93. The number of ketones is 1. The summed E-state index contributed by atoms with van der Waals surface area (Å²) in [7, 11) is 0. The van der Waals surface area contributed by atoms with Crippen LogP contribution in [0.3, 0.4) is 0 Å². The molecule has 6 nitrogen and oxygen atoms in total. The maximum atomic E-state index is 12.5. The van der Waals surface area contributed by atoms with Gasteiger partial charge in [-0.1, -0.05) is 32.4 Å².